The molecule has 0 spiro atoms. The van der Waals surface area contributed by atoms with Gasteiger partial charge in [0.1, 0.15) is 0 Å². The minimum atomic E-state index is -0.114. The standard InChI is InChI=1S/C17H24ClN5OS.HI/c1-19-16(20-9-14-11-25-17(22-14)23(2)3)21-10-15(24-4)12-6-5-7-13(18)8-12;/h5-8,11,15H,9-10H2,1-4H3,(H2,19,20,21);1H. The summed E-state index contributed by atoms with van der Waals surface area (Å²) in [5.74, 6) is 0.698. The van der Waals surface area contributed by atoms with Gasteiger partial charge >= 0.3 is 0 Å². The molecule has 0 fully saturated rings. The van der Waals surface area contributed by atoms with Crippen LogP contribution in [-0.2, 0) is 11.3 Å². The Morgan fingerprint density at radius 3 is 2.73 bits per heavy atom. The first-order chi connectivity index (χ1) is 12.0. The first kappa shape index (κ1) is 22.9. The lowest BCUT2D eigenvalue weighted by Crippen LogP contribution is -2.39. The molecule has 144 valence electrons. The van der Waals surface area contributed by atoms with Gasteiger partial charge in [-0.25, -0.2) is 4.98 Å². The molecule has 0 aliphatic heterocycles. The molecule has 1 aromatic carbocycles. The number of nitrogens with one attached hydrogen (secondary N) is 2. The highest BCUT2D eigenvalue weighted by molar-refractivity contribution is 14.0. The van der Waals surface area contributed by atoms with Crippen molar-refractivity contribution in [2.24, 2.45) is 4.99 Å². The molecule has 26 heavy (non-hydrogen) atoms. The van der Waals surface area contributed by atoms with Crippen molar-refractivity contribution in [1.82, 2.24) is 15.6 Å². The zero-order chi connectivity index (χ0) is 18.2. The van der Waals surface area contributed by atoms with Crippen molar-refractivity contribution in [2.45, 2.75) is 12.6 Å². The summed E-state index contributed by atoms with van der Waals surface area (Å²) in [5, 5.41) is 10.3. The van der Waals surface area contributed by atoms with Crippen LogP contribution in [0.3, 0.4) is 0 Å². The topological polar surface area (TPSA) is 61.8 Å². The first-order valence-electron chi connectivity index (χ1n) is 7.88. The fraction of sp³-hybridized carbons (Fsp3) is 0.412. The van der Waals surface area contributed by atoms with E-state index in [1.54, 1.807) is 25.5 Å². The predicted molar refractivity (Wildman–Crippen MR) is 121 cm³/mol. The van der Waals surface area contributed by atoms with Crippen LogP contribution in [0, 0.1) is 0 Å². The lowest BCUT2D eigenvalue weighted by molar-refractivity contribution is 0.106. The van der Waals surface area contributed by atoms with Gasteiger partial charge in [0, 0.05) is 45.2 Å². The third-order valence-corrected chi connectivity index (χ3v) is 4.83. The van der Waals surface area contributed by atoms with Crippen molar-refractivity contribution in [2.75, 3.05) is 39.7 Å². The van der Waals surface area contributed by atoms with Gasteiger partial charge in [-0.05, 0) is 17.7 Å². The van der Waals surface area contributed by atoms with E-state index < -0.39 is 0 Å². The highest BCUT2D eigenvalue weighted by Crippen LogP contribution is 2.20. The fourth-order valence-corrected chi connectivity index (χ4v) is 3.17. The molecule has 1 aromatic heterocycles. The first-order valence-corrected chi connectivity index (χ1v) is 9.13. The van der Waals surface area contributed by atoms with E-state index in [9.17, 15) is 0 Å². The molecule has 0 aliphatic rings. The summed E-state index contributed by atoms with van der Waals surface area (Å²) in [6.07, 6.45) is -0.114. The van der Waals surface area contributed by atoms with Crippen LogP contribution in [0.2, 0.25) is 5.02 Å². The molecule has 6 nitrogen and oxygen atoms in total. The van der Waals surface area contributed by atoms with Gasteiger partial charge < -0.3 is 20.3 Å². The third kappa shape index (κ3) is 6.90. The summed E-state index contributed by atoms with van der Waals surface area (Å²) >= 11 is 7.68. The number of hydrogen-bond acceptors (Lipinski definition) is 5. The Bertz CT molecular complexity index is 710. The lowest BCUT2D eigenvalue weighted by Gasteiger charge is -2.18. The normalized spacial score (nSPS) is 12.3. The van der Waals surface area contributed by atoms with Crippen LogP contribution >= 0.6 is 46.9 Å². The molecule has 2 N–H and O–H groups in total. The van der Waals surface area contributed by atoms with Crippen LogP contribution in [0.1, 0.15) is 17.4 Å². The van der Waals surface area contributed by atoms with E-state index in [4.69, 9.17) is 16.3 Å². The van der Waals surface area contributed by atoms with Crippen LogP contribution < -0.4 is 15.5 Å². The summed E-state index contributed by atoms with van der Waals surface area (Å²) in [6.45, 7) is 1.19. The number of nitrogens with zero attached hydrogens (tertiary/aromatic N) is 3. The number of rotatable bonds is 7. The van der Waals surface area contributed by atoms with E-state index in [1.165, 1.54) is 0 Å². The molecule has 0 saturated heterocycles. The molecule has 1 heterocycles. The minimum absolute atomic E-state index is 0. The van der Waals surface area contributed by atoms with Crippen LogP contribution in [0.25, 0.3) is 0 Å². The van der Waals surface area contributed by atoms with Crippen LogP contribution in [0.4, 0.5) is 5.13 Å². The molecular formula is C17H25ClIN5OS. The molecule has 1 unspecified atom stereocenters. The molecule has 1 atom stereocenters. The number of halogens is 2. The number of ether oxygens (including phenoxy) is 1. The monoisotopic (exact) mass is 509 g/mol. The maximum absolute atomic E-state index is 6.06. The number of anilines is 1. The number of guanidine groups is 1. The van der Waals surface area contributed by atoms with Crippen LogP contribution in [-0.4, -0.2) is 45.7 Å². The number of aliphatic imine (C=N–C) groups is 1. The summed E-state index contributed by atoms with van der Waals surface area (Å²) in [6, 6.07) is 7.67. The summed E-state index contributed by atoms with van der Waals surface area (Å²) < 4.78 is 5.56. The predicted octanol–water partition coefficient (Wildman–Crippen LogP) is 3.53. The number of methoxy groups -OCH3 is 1. The van der Waals surface area contributed by atoms with Crippen molar-refractivity contribution in [3.63, 3.8) is 0 Å². The third-order valence-electron chi connectivity index (χ3n) is 3.54. The number of thiazole rings is 1. The van der Waals surface area contributed by atoms with Crippen molar-refractivity contribution >= 4 is 58.0 Å². The van der Waals surface area contributed by atoms with Crippen molar-refractivity contribution in [3.8, 4) is 0 Å². The molecule has 9 heteroatoms. The summed E-state index contributed by atoms with van der Waals surface area (Å²) in [5.41, 5.74) is 2.00. The molecule has 2 aromatic rings. The van der Waals surface area contributed by atoms with E-state index in [2.05, 4.69) is 20.6 Å². The Balaban J connectivity index is 0.00000338. The highest BCUT2D eigenvalue weighted by Gasteiger charge is 2.12. The Morgan fingerprint density at radius 2 is 2.15 bits per heavy atom. The average molecular weight is 510 g/mol. The van der Waals surface area contributed by atoms with E-state index in [0.717, 1.165) is 16.4 Å². The van der Waals surface area contributed by atoms with Crippen molar-refractivity contribution in [3.05, 3.63) is 45.9 Å². The molecule has 0 saturated carbocycles. The maximum Gasteiger partial charge on any atom is 0.191 e. The number of hydrogen-bond donors (Lipinski definition) is 2. The molecule has 0 bridgehead atoms. The van der Waals surface area contributed by atoms with Crippen LogP contribution in [0.5, 0.6) is 0 Å². The smallest absolute Gasteiger partial charge is 0.191 e. The van der Waals surface area contributed by atoms with E-state index in [-0.39, 0.29) is 30.1 Å². The van der Waals surface area contributed by atoms with Gasteiger partial charge in [-0.3, -0.25) is 4.99 Å². The second-order valence-electron chi connectivity index (χ2n) is 5.60. The SMILES string of the molecule is CN=C(NCc1csc(N(C)C)n1)NCC(OC)c1cccc(Cl)c1.I. The minimum Gasteiger partial charge on any atom is -0.375 e. The van der Waals surface area contributed by atoms with Gasteiger partial charge in [0.15, 0.2) is 11.1 Å². The van der Waals surface area contributed by atoms with E-state index in [1.807, 2.05) is 48.6 Å². The summed E-state index contributed by atoms with van der Waals surface area (Å²) in [7, 11) is 7.39. The zero-order valence-corrected chi connectivity index (χ0v) is 19.2. The number of benzene rings is 1. The van der Waals surface area contributed by atoms with Gasteiger partial charge in [-0.1, -0.05) is 23.7 Å². The second kappa shape index (κ2) is 11.6. The van der Waals surface area contributed by atoms with Crippen LogP contribution in [0.15, 0.2) is 34.6 Å². The quantitative estimate of drug-likeness (QED) is 0.340. The Hall–Kier alpha value is -1.10. The van der Waals surface area contributed by atoms with Gasteiger partial charge in [0.05, 0.1) is 18.3 Å². The average Bonchev–Trinajstić information content (AvgIpc) is 3.07. The fourth-order valence-electron chi connectivity index (χ4n) is 2.21. The molecule has 0 amide bonds. The molecular weight excluding hydrogens is 485 g/mol. The number of aromatic nitrogens is 1. The van der Waals surface area contributed by atoms with Crippen molar-refractivity contribution in [1.29, 1.82) is 0 Å². The maximum atomic E-state index is 6.06. The largest absolute Gasteiger partial charge is 0.375 e. The van der Waals surface area contributed by atoms with E-state index >= 15 is 0 Å². The van der Waals surface area contributed by atoms with E-state index in [0.29, 0.717) is 24.1 Å². The van der Waals surface area contributed by atoms with Crippen molar-refractivity contribution < 1.29 is 4.74 Å². The Morgan fingerprint density at radius 1 is 1.38 bits per heavy atom. The van der Waals surface area contributed by atoms with Gasteiger partial charge in [-0.15, -0.1) is 35.3 Å². The second-order valence-corrected chi connectivity index (χ2v) is 6.87. The Labute approximate surface area is 181 Å². The molecule has 0 radical (unpaired) electrons. The highest BCUT2D eigenvalue weighted by atomic mass is 127. The molecule has 0 aliphatic carbocycles. The van der Waals surface area contributed by atoms with Gasteiger partial charge in [0.2, 0.25) is 0 Å². The Kier molecular flexibility index (Phi) is 10.2. The summed E-state index contributed by atoms with van der Waals surface area (Å²) in [4.78, 5) is 10.8. The van der Waals surface area contributed by atoms with Gasteiger partial charge in [-0.2, -0.15) is 0 Å². The van der Waals surface area contributed by atoms with Gasteiger partial charge in [0.25, 0.3) is 0 Å². The molecule has 2 rings (SSSR count). The lowest BCUT2D eigenvalue weighted by atomic mass is 10.1. The zero-order valence-electron chi connectivity index (χ0n) is 15.3.